The van der Waals surface area contributed by atoms with Crippen LogP contribution in [0.4, 0.5) is 0 Å². The molecule has 0 spiro atoms. The molecular weight excluding hydrogens is 423 g/mol. The van der Waals surface area contributed by atoms with E-state index in [0.717, 1.165) is 11.1 Å². The molecule has 2 N–H and O–H groups in total. The Bertz CT molecular complexity index is 1020. The lowest BCUT2D eigenvalue weighted by molar-refractivity contribution is 0.0947. The Morgan fingerprint density at radius 1 is 0.667 bits per heavy atom. The van der Waals surface area contributed by atoms with Crippen LogP contribution >= 0.6 is 23.2 Å². The monoisotopic (exact) mass is 438 g/mol. The summed E-state index contributed by atoms with van der Waals surface area (Å²) >= 11 is 11.7. The number of amides is 2. The summed E-state index contributed by atoms with van der Waals surface area (Å²) < 4.78 is 0. The number of rotatable bonds is 6. The molecule has 3 aromatic carbocycles. The van der Waals surface area contributed by atoms with Crippen LogP contribution in [0, 0.1) is 0 Å². The molecule has 0 aliphatic heterocycles. The Labute approximate surface area is 183 Å². The average Bonchev–Trinajstić information content (AvgIpc) is 2.74. The molecule has 30 heavy (non-hydrogen) atoms. The minimum Gasteiger partial charge on any atom is -0.267 e. The minimum absolute atomic E-state index is 0.354. The smallest absolute Gasteiger partial charge is 0.267 e. The van der Waals surface area contributed by atoms with Gasteiger partial charge in [-0.25, -0.2) is 10.9 Å². The van der Waals surface area contributed by atoms with E-state index in [4.69, 9.17) is 23.2 Å². The average molecular weight is 439 g/mol. The van der Waals surface area contributed by atoms with Crippen LogP contribution in [0.1, 0.15) is 31.8 Å². The molecule has 3 rings (SSSR count). The van der Waals surface area contributed by atoms with Crippen LogP contribution in [-0.2, 0) is 0 Å². The number of nitrogens with zero attached hydrogens (tertiary/aromatic N) is 2. The van der Waals surface area contributed by atoms with Crippen LogP contribution in [0.15, 0.2) is 83.0 Å². The van der Waals surface area contributed by atoms with Crippen molar-refractivity contribution in [3.8, 4) is 0 Å². The highest BCUT2D eigenvalue weighted by Crippen LogP contribution is 2.11. The van der Waals surface area contributed by atoms with Gasteiger partial charge in [0.1, 0.15) is 0 Å². The molecule has 0 unspecified atom stereocenters. The van der Waals surface area contributed by atoms with Crippen molar-refractivity contribution in [1.82, 2.24) is 10.9 Å². The van der Waals surface area contributed by atoms with Crippen molar-refractivity contribution in [1.29, 1.82) is 0 Å². The number of halogens is 2. The highest BCUT2D eigenvalue weighted by molar-refractivity contribution is 6.31. The predicted octanol–water partition coefficient (Wildman–Crippen LogP) is 4.52. The molecule has 0 atom stereocenters. The van der Waals surface area contributed by atoms with Gasteiger partial charge >= 0.3 is 0 Å². The zero-order chi connectivity index (χ0) is 21.3. The second kappa shape index (κ2) is 10.3. The van der Waals surface area contributed by atoms with Gasteiger partial charge in [-0.05, 0) is 47.5 Å². The van der Waals surface area contributed by atoms with Crippen molar-refractivity contribution in [2.75, 3.05) is 0 Å². The highest BCUT2D eigenvalue weighted by atomic mass is 35.5. The number of hydrazone groups is 2. The van der Waals surface area contributed by atoms with Gasteiger partial charge in [0.25, 0.3) is 11.8 Å². The van der Waals surface area contributed by atoms with Gasteiger partial charge < -0.3 is 0 Å². The fourth-order valence-corrected chi connectivity index (χ4v) is 2.77. The summed E-state index contributed by atoms with van der Waals surface area (Å²) in [6, 6.07) is 20.4. The van der Waals surface area contributed by atoms with Crippen molar-refractivity contribution in [2.45, 2.75) is 0 Å². The maximum absolute atomic E-state index is 12.0. The first-order valence-corrected chi connectivity index (χ1v) is 9.55. The van der Waals surface area contributed by atoms with Gasteiger partial charge in [-0.3, -0.25) is 9.59 Å². The van der Waals surface area contributed by atoms with E-state index in [1.165, 1.54) is 12.4 Å². The van der Waals surface area contributed by atoms with E-state index in [9.17, 15) is 9.59 Å². The number of nitrogens with one attached hydrogen (secondary N) is 2. The van der Waals surface area contributed by atoms with E-state index < -0.39 is 0 Å². The molecule has 0 saturated carbocycles. The molecule has 150 valence electrons. The van der Waals surface area contributed by atoms with Crippen molar-refractivity contribution in [3.63, 3.8) is 0 Å². The second-order valence-corrected chi connectivity index (χ2v) is 6.96. The molecule has 2 amide bonds. The SMILES string of the molecule is O=C(N/N=C\c1ccc(/C=N\NC(=O)c2cccc(Cl)c2)cc1)c1cccc(Cl)c1. The molecule has 0 bridgehead atoms. The number of carbonyl (C=O) groups is 2. The summed E-state index contributed by atoms with van der Waals surface area (Å²) in [7, 11) is 0. The van der Waals surface area contributed by atoms with Crippen LogP contribution in [0.25, 0.3) is 0 Å². The van der Waals surface area contributed by atoms with Crippen molar-refractivity contribution < 1.29 is 9.59 Å². The third-order valence-electron chi connectivity index (χ3n) is 3.87. The molecule has 6 nitrogen and oxygen atoms in total. The van der Waals surface area contributed by atoms with Gasteiger partial charge in [0.2, 0.25) is 0 Å². The molecule has 8 heteroatoms. The fraction of sp³-hybridized carbons (Fsp3) is 0. The molecule has 0 saturated heterocycles. The molecule has 0 aliphatic rings. The first-order chi connectivity index (χ1) is 14.5. The number of carbonyl (C=O) groups excluding carboxylic acids is 2. The lowest BCUT2D eigenvalue weighted by Crippen LogP contribution is -2.17. The van der Waals surface area contributed by atoms with Gasteiger partial charge in [-0.1, -0.05) is 59.6 Å². The largest absolute Gasteiger partial charge is 0.271 e. The van der Waals surface area contributed by atoms with Crippen LogP contribution in [0.2, 0.25) is 10.0 Å². The Morgan fingerprint density at radius 2 is 1.07 bits per heavy atom. The predicted molar refractivity (Wildman–Crippen MR) is 119 cm³/mol. The quantitative estimate of drug-likeness (QED) is 0.437. The summed E-state index contributed by atoms with van der Waals surface area (Å²) in [5.41, 5.74) is 7.29. The molecule has 0 aliphatic carbocycles. The van der Waals surface area contributed by atoms with Crippen molar-refractivity contribution in [2.24, 2.45) is 10.2 Å². The standard InChI is InChI=1S/C22H16Cl2N4O2/c23-19-5-1-3-17(11-19)21(29)27-25-13-15-7-9-16(10-8-15)14-26-28-22(30)18-4-2-6-20(24)12-18/h1-14H,(H,27,29)(H,28,30)/b25-13-,26-14-. The van der Waals surface area contributed by atoms with E-state index in [1.807, 2.05) is 0 Å². The topological polar surface area (TPSA) is 82.9 Å². The number of hydrogen-bond donors (Lipinski definition) is 2. The van der Waals surface area contributed by atoms with Crippen LogP contribution in [0.3, 0.4) is 0 Å². The van der Waals surface area contributed by atoms with E-state index in [-0.39, 0.29) is 11.8 Å². The number of hydrogen-bond acceptors (Lipinski definition) is 4. The summed E-state index contributed by atoms with van der Waals surface area (Å²) in [6.07, 6.45) is 3.04. The van der Waals surface area contributed by atoms with E-state index in [0.29, 0.717) is 21.2 Å². The lowest BCUT2D eigenvalue weighted by Gasteiger charge is -2.01. The molecular formula is C22H16Cl2N4O2. The maximum Gasteiger partial charge on any atom is 0.271 e. The normalized spacial score (nSPS) is 11.0. The van der Waals surface area contributed by atoms with Gasteiger partial charge in [0, 0.05) is 21.2 Å². The minimum atomic E-state index is -0.354. The molecule has 0 radical (unpaired) electrons. The Kier molecular flexibility index (Phi) is 7.32. The fourth-order valence-electron chi connectivity index (χ4n) is 2.39. The first-order valence-electron chi connectivity index (χ1n) is 8.79. The first kappa shape index (κ1) is 21.2. The van der Waals surface area contributed by atoms with E-state index >= 15 is 0 Å². The third-order valence-corrected chi connectivity index (χ3v) is 4.34. The molecule has 0 aromatic heterocycles. The van der Waals surface area contributed by atoms with Crippen LogP contribution < -0.4 is 10.9 Å². The zero-order valence-electron chi connectivity index (χ0n) is 15.5. The molecule has 3 aromatic rings. The third kappa shape index (κ3) is 6.27. The number of benzene rings is 3. The Hall–Kier alpha value is -3.48. The van der Waals surface area contributed by atoms with Crippen LogP contribution in [-0.4, -0.2) is 24.2 Å². The Morgan fingerprint density at radius 3 is 1.43 bits per heavy atom. The van der Waals surface area contributed by atoms with Gasteiger partial charge in [0.15, 0.2) is 0 Å². The second-order valence-electron chi connectivity index (χ2n) is 6.09. The summed E-state index contributed by atoms with van der Waals surface area (Å²) in [6.45, 7) is 0. The van der Waals surface area contributed by atoms with E-state index in [2.05, 4.69) is 21.1 Å². The van der Waals surface area contributed by atoms with Gasteiger partial charge in [-0.15, -0.1) is 0 Å². The maximum atomic E-state index is 12.0. The van der Waals surface area contributed by atoms with Gasteiger partial charge in [-0.2, -0.15) is 10.2 Å². The van der Waals surface area contributed by atoms with Crippen LogP contribution in [0.5, 0.6) is 0 Å². The summed E-state index contributed by atoms with van der Waals surface area (Å²) in [5.74, 6) is -0.708. The van der Waals surface area contributed by atoms with Gasteiger partial charge in [0.05, 0.1) is 12.4 Å². The van der Waals surface area contributed by atoms with Crippen molar-refractivity contribution >= 4 is 47.4 Å². The van der Waals surface area contributed by atoms with Crippen molar-refractivity contribution in [3.05, 3.63) is 105 Å². The summed E-state index contributed by atoms with van der Waals surface area (Å²) in [4.78, 5) is 24.0. The zero-order valence-corrected chi connectivity index (χ0v) is 17.1. The molecule has 0 fully saturated rings. The van der Waals surface area contributed by atoms with E-state index in [1.54, 1.807) is 72.8 Å². The highest BCUT2D eigenvalue weighted by Gasteiger charge is 2.04. The lowest BCUT2D eigenvalue weighted by atomic mass is 10.2. The Balaban J connectivity index is 1.52. The molecule has 0 heterocycles. The summed E-state index contributed by atoms with van der Waals surface area (Å²) in [5, 5.41) is 8.83.